The van der Waals surface area contributed by atoms with Crippen LogP contribution in [0.4, 0.5) is 10.2 Å². The number of nitrogens with one attached hydrogen (secondary N) is 1. The van der Waals surface area contributed by atoms with Crippen molar-refractivity contribution in [2.75, 3.05) is 18.5 Å². The maximum atomic E-state index is 13.9. The van der Waals surface area contributed by atoms with Crippen LogP contribution < -0.4 is 5.32 Å². The summed E-state index contributed by atoms with van der Waals surface area (Å²) in [5.74, 6) is 0.353. The molecule has 1 aromatic heterocycles. The van der Waals surface area contributed by atoms with Crippen molar-refractivity contribution in [3.8, 4) is 0 Å². The number of aliphatic hydroxyl groups excluding tert-OH is 1. The monoisotopic (exact) mass is 310 g/mol. The van der Waals surface area contributed by atoms with Gasteiger partial charge in [0.1, 0.15) is 11.6 Å². The van der Waals surface area contributed by atoms with Gasteiger partial charge >= 0.3 is 0 Å². The van der Waals surface area contributed by atoms with E-state index in [4.69, 9.17) is 21.4 Å². The van der Waals surface area contributed by atoms with Gasteiger partial charge in [-0.2, -0.15) is 0 Å². The zero-order chi connectivity index (χ0) is 15.1. The summed E-state index contributed by atoms with van der Waals surface area (Å²) in [4.78, 5) is 4.10. The molecule has 0 spiro atoms. The second-order valence-corrected chi connectivity index (χ2v) is 4.85. The number of hydrogen-bond acceptors (Lipinski definition) is 4. The van der Waals surface area contributed by atoms with Crippen LogP contribution in [0, 0.1) is 5.82 Å². The third-order valence-electron chi connectivity index (χ3n) is 2.81. The third-order valence-corrected chi connectivity index (χ3v) is 3.04. The summed E-state index contributed by atoms with van der Waals surface area (Å²) < 4.78 is 19.0. The van der Waals surface area contributed by atoms with Crippen LogP contribution in [0.3, 0.4) is 0 Å². The Labute approximate surface area is 127 Å². The minimum atomic E-state index is -0.323. The number of anilines is 1. The highest BCUT2D eigenvalue weighted by Crippen LogP contribution is 2.14. The lowest BCUT2D eigenvalue weighted by Gasteiger charge is -2.08. The van der Waals surface area contributed by atoms with Crippen molar-refractivity contribution in [3.05, 3.63) is 58.5 Å². The Balaban J connectivity index is 1.92. The van der Waals surface area contributed by atoms with E-state index in [0.717, 1.165) is 5.56 Å². The number of pyridine rings is 1. The maximum absolute atomic E-state index is 13.9. The lowest BCUT2D eigenvalue weighted by molar-refractivity contribution is 0.0799. The van der Waals surface area contributed by atoms with E-state index >= 15 is 0 Å². The van der Waals surface area contributed by atoms with Crippen molar-refractivity contribution >= 4 is 17.4 Å². The summed E-state index contributed by atoms with van der Waals surface area (Å²) >= 11 is 5.75. The fourth-order valence-corrected chi connectivity index (χ4v) is 1.85. The molecule has 0 aliphatic rings. The van der Waals surface area contributed by atoms with E-state index in [1.54, 1.807) is 24.4 Å². The average Bonchev–Trinajstić information content (AvgIpc) is 2.49. The number of halogens is 2. The number of hydrogen-bond donors (Lipinski definition) is 2. The molecule has 2 N–H and O–H groups in total. The molecule has 6 heteroatoms. The van der Waals surface area contributed by atoms with Crippen LogP contribution in [-0.4, -0.2) is 23.3 Å². The molecule has 0 bridgehead atoms. The first-order valence-electron chi connectivity index (χ1n) is 6.50. The fraction of sp³-hybridized carbons (Fsp3) is 0.267. The highest BCUT2D eigenvalue weighted by atomic mass is 35.5. The van der Waals surface area contributed by atoms with Gasteiger partial charge in [0.15, 0.2) is 0 Å². The van der Waals surface area contributed by atoms with Gasteiger partial charge in [-0.25, -0.2) is 9.37 Å². The van der Waals surface area contributed by atoms with Crippen LogP contribution in [0.5, 0.6) is 0 Å². The minimum Gasteiger partial charge on any atom is -0.394 e. The van der Waals surface area contributed by atoms with E-state index in [1.807, 2.05) is 6.07 Å². The number of aliphatic hydroxyl groups is 1. The van der Waals surface area contributed by atoms with E-state index in [-0.39, 0.29) is 25.6 Å². The highest BCUT2D eigenvalue weighted by Gasteiger charge is 2.04. The summed E-state index contributed by atoms with van der Waals surface area (Å²) in [6.45, 7) is 0.741. The van der Waals surface area contributed by atoms with E-state index in [2.05, 4.69) is 10.3 Å². The molecular formula is C15H16ClFN2O2. The molecule has 21 heavy (non-hydrogen) atoms. The van der Waals surface area contributed by atoms with Gasteiger partial charge in [0, 0.05) is 18.3 Å². The van der Waals surface area contributed by atoms with E-state index in [1.165, 1.54) is 6.07 Å². The molecule has 2 aromatic rings. The van der Waals surface area contributed by atoms with Gasteiger partial charge in [0.05, 0.1) is 24.8 Å². The Hall–Kier alpha value is -1.69. The Kier molecular flexibility index (Phi) is 5.92. The molecule has 0 atom stereocenters. The Morgan fingerprint density at radius 3 is 2.81 bits per heavy atom. The molecule has 0 aliphatic heterocycles. The smallest absolute Gasteiger partial charge is 0.129 e. The van der Waals surface area contributed by atoms with E-state index in [0.29, 0.717) is 22.9 Å². The van der Waals surface area contributed by atoms with Gasteiger partial charge < -0.3 is 15.2 Å². The molecule has 0 radical (unpaired) electrons. The molecule has 112 valence electrons. The van der Waals surface area contributed by atoms with Crippen molar-refractivity contribution in [1.29, 1.82) is 0 Å². The van der Waals surface area contributed by atoms with Crippen molar-refractivity contribution in [2.24, 2.45) is 0 Å². The van der Waals surface area contributed by atoms with Crippen LogP contribution in [0.25, 0.3) is 0 Å². The largest absolute Gasteiger partial charge is 0.394 e. The van der Waals surface area contributed by atoms with Crippen molar-refractivity contribution in [3.63, 3.8) is 0 Å². The Morgan fingerprint density at radius 1 is 1.29 bits per heavy atom. The third kappa shape index (κ3) is 4.97. The van der Waals surface area contributed by atoms with Crippen LogP contribution >= 0.6 is 11.6 Å². The zero-order valence-electron chi connectivity index (χ0n) is 11.4. The predicted octanol–water partition coefficient (Wildman–Crippen LogP) is 3.00. The van der Waals surface area contributed by atoms with Crippen molar-refractivity contribution in [2.45, 2.75) is 13.2 Å². The average molecular weight is 311 g/mol. The fourth-order valence-electron chi connectivity index (χ4n) is 1.74. The first kappa shape index (κ1) is 15.7. The Morgan fingerprint density at radius 2 is 2.14 bits per heavy atom. The van der Waals surface area contributed by atoms with Crippen LogP contribution in [0.15, 0.2) is 36.5 Å². The predicted molar refractivity (Wildman–Crippen MR) is 79.7 cm³/mol. The molecule has 0 unspecified atom stereocenters. The standard InChI is InChI=1S/C15H16ClFN2O2/c16-13-3-4-15(19-9-13)18-8-11-1-2-12(14(17)7-11)10-21-6-5-20/h1-4,7,9,20H,5-6,8,10H2,(H,18,19). The zero-order valence-corrected chi connectivity index (χ0v) is 12.1. The van der Waals surface area contributed by atoms with Gasteiger partial charge in [0.2, 0.25) is 0 Å². The second-order valence-electron chi connectivity index (χ2n) is 4.42. The molecule has 4 nitrogen and oxygen atoms in total. The van der Waals surface area contributed by atoms with Crippen molar-refractivity contribution < 1.29 is 14.2 Å². The molecule has 0 saturated carbocycles. The molecule has 1 heterocycles. The lowest BCUT2D eigenvalue weighted by Crippen LogP contribution is -2.04. The topological polar surface area (TPSA) is 54.4 Å². The molecule has 2 rings (SSSR count). The van der Waals surface area contributed by atoms with Crippen LogP contribution in [0.2, 0.25) is 5.02 Å². The van der Waals surface area contributed by atoms with Crippen LogP contribution in [-0.2, 0) is 17.9 Å². The minimum absolute atomic E-state index is 0.0717. The maximum Gasteiger partial charge on any atom is 0.129 e. The van der Waals surface area contributed by atoms with Gasteiger partial charge in [0.25, 0.3) is 0 Å². The molecule has 0 amide bonds. The van der Waals surface area contributed by atoms with Crippen molar-refractivity contribution in [1.82, 2.24) is 4.98 Å². The van der Waals surface area contributed by atoms with E-state index in [9.17, 15) is 4.39 Å². The SMILES string of the molecule is OCCOCc1ccc(CNc2ccc(Cl)cn2)cc1F. The Bertz CT molecular complexity index is 578. The number of ether oxygens (including phenoxy) is 1. The van der Waals surface area contributed by atoms with Gasteiger partial charge in [-0.05, 0) is 23.8 Å². The summed E-state index contributed by atoms with van der Waals surface area (Å²) in [5.41, 5.74) is 1.27. The normalized spacial score (nSPS) is 10.6. The molecular weight excluding hydrogens is 295 g/mol. The number of rotatable bonds is 7. The summed E-state index contributed by atoms with van der Waals surface area (Å²) in [5, 5.41) is 12.3. The molecule has 1 aromatic carbocycles. The first-order valence-corrected chi connectivity index (χ1v) is 6.88. The summed E-state index contributed by atoms with van der Waals surface area (Å²) in [6, 6.07) is 8.46. The number of aromatic nitrogens is 1. The quantitative estimate of drug-likeness (QED) is 0.772. The van der Waals surface area contributed by atoms with Gasteiger partial charge in [-0.1, -0.05) is 23.7 Å². The number of nitrogens with zero attached hydrogens (tertiary/aromatic N) is 1. The first-order chi connectivity index (χ1) is 10.2. The molecule has 0 aliphatic carbocycles. The summed E-state index contributed by atoms with van der Waals surface area (Å²) in [6.07, 6.45) is 1.55. The van der Waals surface area contributed by atoms with Gasteiger partial charge in [-0.3, -0.25) is 0 Å². The summed E-state index contributed by atoms with van der Waals surface area (Å²) in [7, 11) is 0. The molecule has 0 fully saturated rings. The van der Waals surface area contributed by atoms with Crippen LogP contribution in [0.1, 0.15) is 11.1 Å². The highest BCUT2D eigenvalue weighted by molar-refractivity contribution is 6.30. The lowest BCUT2D eigenvalue weighted by atomic mass is 10.1. The van der Waals surface area contributed by atoms with Gasteiger partial charge in [-0.15, -0.1) is 0 Å². The number of benzene rings is 1. The second kappa shape index (κ2) is 7.93. The molecule has 0 saturated heterocycles. The van der Waals surface area contributed by atoms with E-state index < -0.39 is 0 Å².